The summed E-state index contributed by atoms with van der Waals surface area (Å²) < 4.78 is 31.9. The lowest BCUT2D eigenvalue weighted by Crippen LogP contribution is -2.45. The van der Waals surface area contributed by atoms with Crippen LogP contribution in [0.3, 0.4) is 0 Å². The summed E-state index contributed by atoms with van der Waals surface area (Å²) in [6.07, 6.45) is 3.03. The van der Waals surface area contributed by atoms with E-state index in [1.165, 1.54) is 0 Å². The van der Waals surface area contributed by atoms with Crippen LogP contribution in [-0.2, 0) is 10.0 Å². The molecule has 1 fully saturated rings. The largest absolute Gasteiger partial charge is 0.497 e. The zero-order chi connectivity index (χ0) is 13.9. The number of sulfonamides is 1. The maximum Gasteiger partial charge on any atom is 0.243 e. The van der Waals surface area contributed by atoms with E-state index in [0.29, 0.717) is 22.5 Å². The standard InChI is InChI=1S/C13H18BrNO3S/c1-18-12-5-7-13(8-6-12)19(16,17)15(10-9-14)11-3-2-4-11/h5-8,11H,2-4,9-10H2,1H3. The zero-order valence-corrected chi connectivity index (χ0v) is 13.3. The summed E-state index contributed by atoms with van der Waals surface area (Å²) in [5.41, 5.74) is 0. The second kappa shape index (κ2) is 6.24. The molecule has 0 unspecified atom stereocenters. The van der Waals surface area contributed by atoms with Crippen LogP contribution < -0.4 is 4.74 Å². The molecule has 1 aromatic rings. The van der Waals surface area contributed by atoms with Crippen molar-refractivity contribution in [1.29, 1.82) is 0 Å². The van der Waals surface area contributed by atoms with Crippen molar-refractivity contribution in [3.05, 3.63) is 24.3 Å². The molecular formula is C13H18BrNO3S. The van der Waals surface area contributed by atoms with E-state index in [9.17, 15) is 8.42 Å². The quantitative estimate of drug-likeness (QED) is 0.743. The molecule has 0 aromatic heterocycles. The third-order valence-electron chi connectivity index (χ3n) is 3.45. The van der Waals surface area contributed by atoms with Crippen LogP contribution in [0.1, 0.15) is 19.3 Å². The molecule has 0 radical (unpaired) electrons. The number of rotatable bonds is 6. The smallest absolute Gasteiger partial charge is 0.243 e. The molecule has 1 aliphatic rings. The minimum absolute atomic E-state index is 0.157. The van der Waals surface area contributed by atoms with Crippen molar-refractivity contribution in [3.63, 3.8) is 0 Å². The Hall–Kier alpha value is -0.590. The summed E-state index contributed by atoms with van der Waals surface area (Å²) in [4.78, 5) is 0.334. The maximum atomic E-state index is 12.6. The highest BCUT2D eigenvalue weighted by Crippen LogP contribution is 2.30. The molecule has 0 spiro atoms. The Bertz CT molecular complexity index is 511. The predicted molar refractivity (Wildman–Crippen MR) is 78.3 cm³/mol. The Morgan fingerprint density at radius 2 is 1.95 bits per heavy atom. The molecule has 0 heterocycles. The lowest BCUT2D eigenvalue weighted by Gasteiger charge is -2.36. The molecule has 106 valence electrons. The van der Waals surface area contributed by atoms with Crippen molar-refractivity contribution in [2.75, 3.05) is 19.0 Å². The predicted octanol–water partition coefficient (Wildman–Crippen LogP) is 2.63. The van der Waals surface area contributed by atoms with Gasteiger partial charge in [-0.25, -0.2) is 8.42 Å². The van der Waals surface area contributed by atoms with Gasteiger partial charge < -0.3 is 4.74 Å². The monoisotopic (exact) mass is 347 g/mol. The zero-order valence-electron chi connectivity index (χ0n) is 10.9. The van der Waals surface area contributed by atoms with Crippen molar-refractivity contribution in [1.82, 2.24) is 4.31 Å². The first-order valence-electron chi connectivity index (χ1n) is 6.31. The van der Waals surface area contributed by atoms with E-state index in [1.807, 2.05) is 0 Å². The fourth-order valence-corrected chi connectivity index (χ4v) is 4.44. The molecule has 0 N–H and O–H groups in total. The molecule has 1 aliphatic carbocycles. The number of methoxy groups -OCH3 is 1. The van der Waals surface area contributed by atoms with Crippen LogP contribution in [0.5, 0.6) is 5.75 Å². The molecule has 1 saturated carbocycles. The van der Waals surface area contributed by atoms with Gasteiger partial charge in [-0.2, -0.15) is 4.31 Å². The minimum atomic E-state index is -3.40. The summed E-state index contributed by atoms with van der Waals surface area (Å²) in [5, 5.41) is 0.652. The Kier molecular flexibility index (Phi) is 4.86. The molecule has 2 rings (SSSR count). The van der Waals surface area contributed by atoms with E-state index < -0.39 is 10.0 Å². The SMILES string of the molecule is COc1ccc(S(=O)(=O)N(CCBr)C2CCC2)cc1. The molecule has 6 heteroatoms. The molecule has 19 heavy (non-hydrogen) atoms. The average Bonchev–Trinajstić information content (AvgIpc) is 2.36. The normalized spacial score (nSPS) is 16.4. The number of ether oxygens (including phenoxy) is 1. The van der Waals surface area contributed by atoms with Gasteiger partial charge in [-0.3, -0.25) is 0 Å². The van der Waals surface area contributed by atoms with Gasteiger partial charge in [-0.15, -0.1) is 0 Å². The van der Waals surface area contributed by atoms with E-state index in [1.54, 1.807) is 35.7 Å². The van der Waals surface area contributed by atoms with Crippen LogP contribution in [0.15, 0.2) is 29.2 Å². The van der Waals surface area contributed by atoms with Gasteiger partial charge in [0.05, 0.1) is 12.0 Å². The van der Waals surface area contributed by atoms with Crippen LogP contribution in [0.4, 0.5) is 0 Å². The molecule has 0 saturated heterocycles. The van der Waals surface area contributed by atoms with Crippen molar-refractivity contribution in [2.45, 2.75) is 30.2 Å². The Labute approximate surface area is 122 Å². The Morgan fingerprint density at radius 1 is 1.32 bits per heavy atom. The average molecular weight is 348 g/mol. The van der Waals surface area contributed by atoms with Crippen molar-refractivity contribution >= 4 is 26.0 Å². The lowest BCUT2D eigenvalue weighted by atomic mass is 9.93. The molecule has 0 bridgehead atoms. The van der Waals surface area contributed by atoms with Crippen LogP contribution >= 0.6 is 15.9 Å². The summed E-state index contributed by atoms with van der Waals surface area (Å²) >= 11 is 3.33. The highest BCUT2D eigenvalue weighted by atomic mass is 79.9. The van der Waals surface area contributed by atoms with Crippen LogP contribution in [0.25, 0.3) is 0 Å². The van der Waals surface area contributed by atoms with Gasteiger partial charge in [-0.1, -0.05) is 22.4 Å². The van der Waals surface area contributed by atoms with Gasteiger partial charge in [0, 0.05) is 17.9 Å². The summed E-state index contributed by atoms with van der Waals surface area (Å²) in [6, 6.07) is 6.73. The van der Waals surface area contributed by atoms with Crippen LogP contribution in [-0.4, -0.2) is 37.7 Å². The van der Waals surface area contributed by atoms with Crippen molar-refractivity contribution in [3.8, 4) is 5.75 Å². The Morgan fingerprint density at radius 3 is 2.37 bits per heavy atom. The molecule has 4 nitrogen and oxygen atoms in total. The Balaban J connectivity index is 2.26. The highest BCUT2D eigenvalue weighted by Gasteiger charge is 2.34. The number of hydrogen-bond donors (Lipinski definition) is 0. The fourth-order valence-electron chi connectivity index (χ4n) is 2.14. The molecule has 0 amide bonds. The third-order valence-corrected chi connectivity index (χ3v) is 5.77. The fraction of sp³-hybridized carbons (Fsp3) is 0.538. The first kappa shape index (κ1) is 14.8. The number of alkyl halides is 1. The van der Waals surface area contributed by atoms with Crippen LogP contribution in [0, 0.1) is 0 Å². The number of nitrogens with zero attached hydrogens (tertiary/aromatic N) is 1. The molecule has 0 atom stereocenters. The van der Waals surface area contributed by atoms with E-state index in [2.05, 4.69) is 15.9 Å². The maximum absolute atomic E-state index is 12.6. The third kappa shape index (κ3) is 3.12. The van der Waals surface area contributed by atoms with Crippen molar-refractivity contribution < 1.29 is 13.2 Å². The van der Waals surface area contributed by atoms with E-state index in [0.717, 1.165) is 19.3 Å². The first-order valence-corrected chi connectivity index (χ1v) is 8.87. The topological polar surface area (TPSA) is 46.6 Å². The van der Waals surface area contributed by atoms with Gasteiger partial charge in [-0.05, 0) is 37.1 Å². The molecule has 1 aromatic carbocycles. The number of benzene rings is 1. The van der Waals surface area contributed by atoms with Crippen molar-refractivity contribution in [2.24, 2.45) is 0 Å². The van der Waals surface area contributed by atoms with E-state index >= 15 is 0 Å². The van der Waals surface area contributed by atoms with Gasteiger partial charge >= 0.3 is 0 Å². The lowest BCUT2D eigenvalue weighted by molar-refractivity contribution is 0.228. The molecule has 0 aliphatic heterocycles. The van der Waals surface area contributed by atoms with E-state index in [-0.39, 0.29) is 6.04 Å². The summed E-state index contributed by atoms with van der Waals surface area (Å²) in [6.45, 7) is 0.513. The second-order valence-electron chi connectivity index (χ2n) is 4.56. The number of halogens is 1. The minimum Gasteiger partial charge on any atom is -0.497 e. The van der Waals surface area contributed by atoms with Gasteiger partial charge in [0.25, 0.3) is 0 Å². The number of hydrogen-bond acceptors (Lipinski definition) is 3. The molecular weight excluding hydrogens is 330 g/mol. The second-order valence-corrected chi connectivity index (χ2v) is 7.25. The van der Waals surface area contributed by atoms with Gasteiger partial charge in [0.15, 0.2) is 0 Å². The first-order chi connectivity index (χ1) is 9.09. The van der Waals surface area contributed by atoms with Crippen LogP contribution in [0.2, 0.25) is 0 Å². The van der Waals surface area contributed by atoms with Gasteiger partial charge in [0.1, 0.15) is 5.75 Å². The summed E-state index contributed by atoms with van der Waals surface area (Å²) in [5.74, 6) is 0.662. The highest BCUT2D eigenvalue weighted by molar-refractivity contribution is 9.09. The van der Waals surface area contributed by atoms with Gasteiger partial charge in [0.2, 0.25) is 10.0 Å². The summed E-state index contributed by atoms with van der Waals surface area (Å²) in [7, 11) is -1.84. The van der Waals surface area contributed by atoms with E-state index in [4.69, 9.17) is 4.74 Å².